The quantitative estimate of drug-likeness (QED) is 0.837. The van der Waals surface area contributed by atoms with Crippen LogP contribution >= 0.6 is 15.9 Å². The summed E-state index contributed by atoms with van der Waals surface area (Å²) in [6.45, 7) is 12.0. The molecule has 0 spiro atoms. The van der Waals surface area contributed by atoms with Crippen LogP contribution < -0.4 is 5.32 Å². The molecule has 0 aliphatic carbocycles. The molecule has 0 heterocycles. The molecule has 1 N–H and O–H groups in total. The van der Waals surface area contributed by atoms with E-state index in [2.05, 4.69) is 68.0 Å². The van der Waals surface area contributed by atoms with Crippen LogP contribution in [0.3, 0.4) is 0 Å². The summed E-state index contributed by atoms with van der Waals surface area (Å²) in [6.07, 6.45) is 0. The first kappa shape index (κ1) is 14.5. The number of hydrogen-bond acceptors (Lipinski definition) is 2. The normalized spacial score (nSPS) is 11.6. The average molecular weight is 300 g/mol. The fourth-order valence-electron chi connectivity index (χ4n) is 1.72. The third-order valence-corrected chi connectivity index (χ3v) is 2.89. The Kier molecular flexibility index (Phi) is 5.02. The van der Waals surface area contributed by atoms with E-state index >= 15 is 0 Å². The van der Waals surface area contributed by atoms with Crippen LogP contribution in [0.4, 0.5) is 5.69 Å². The smallest absolute Gasteiger partial charge is 0.0646 e. The lowest BCUT2D eigenvalue weighted by Crippen LogP contribution is -2.23. The predicted molar refractivity (Wildman–Crippen MR) is 77.8 cm³/mol. The molecule has 3 heteroatoms. The Balaban J connectivity index is 2.53. The number of rotatable bonds is 4. The van der Waals surface area contributed by atoms with Gasteiger partial charge in [0.05, 0.1) is 12.2 Å². The van der Waals surface area contributed by atoms with E-state index in [1.807, 2.05) is 0 Å². The van der Waals surface area contributed by atoms with Gasteiger partial charge in [0.15, 0.2) is 0 Å². The second-order valence-electron chi connectivity index (χ2n) is 5.30. The Hall–Kier alpha value is -0.540. The van der Waals surface area contributed by atoms with Crippen LogP contribution in [-0.4, -0.2) is 18.8 Å². The van der Waals surface area contributed by atoms with Gasteiger partial charge < -0.3 is 10.1 Å². The van der Waals surface area contributed by atoms with Gasteiger partial charge in [-0.05, 0) is 57.9 Å². The van der Waals surface area contributed by atoms with Gasteiger partial charge in [-0.3, -0.25) is 0 Å². The van der Waals surface area contributed by atoms with Crippen molar-refractivity contribution in [2.75, 3.05) is 18.5 Å². The van der Waals surface area contributed by atoms with E-state index in [1.165, 1.54) is 16.8 Å². The van der Waals surface area contributed by atoms with Crippen molar-refractivity contribution >= 4 is 21.6 Å². The van der Waals surface area contributed by atoms with Gasteiger partial charge in [-0.15, -0.1) is 0 Å². The highest BCUT2D eigenvalue weighted by atomic mass is 79.9. The summed E-state index contributed by atoms with van der Waals surface area (Å²) in [6, 6.07) is 4.25. The molecule has 0 fully saturated rings. The van der Waals surface area contributed by atoms with Crippen molar-refractivity contribution in [1.29, 1.82) is 0 Å². The molecule has 0 aliphatic rings. The molecule has 0 saturated heterocycles. The molecule has 2 nitrogen and oxygen atoms in total. The maximum absolute atomic E-state index is 5.68. The first-order valence-electron chi connectivity index (χ1n) is 5.94. The van der Waals surface area contributed by atoms with Crippen LogP contribution in [0.5, 0.6) is 0 Å². The zero-order valence-electron chi connectivity index (χ0n) is 11.4. The topological polar surface area (TPSA) is 21.3 Å². The summed E-state index contributed by atoms with van der Waals surface area (Å²) >= 11 is 3.50. The molecule has 96 valence electrons. The monoisotopic (exact) mass is 299 g/mol. The molecule has 0 bridgehead atoms. The van der Waals surface area contributed by atoms with Gasteiger partial charge in [-0.25, -0.2) is 0 Å². The van der Waals surface area contributed by atoms with Gasteiger partial charge >= 0.3 is 0 Å². The van der Waals surface area contributed by atoms with Crippen molar-refractivity contribution in [3.8, 4) is 0 Å². The van der Waals surface area contributed by atoms with E-state index in [1.54, 1.807) is 0 Å². The van der Waals surface area contributed by atoms with E-state index in [0.717, 1.165) is 17.6 Å². The van der Waals surface area contributed by atoms with E-state index in [9.17, 15) is 0 Å². The number of aryl methyl sites for hydroxylation is 2. The van der Waals surface area contributed by atoms with Crippen LogP contribution in [0.2, 0.25) is 0 Å². The van der Waals surface area contributed by atoms with Crippen molar-refractivity contribution in [3.63, 3.8) is 0 Å². The number of hydrogen-bond donors (Lipinski definition) is 1. The van der Waals surface area contributed by atoms with E-state index in [0.29, 0.717) is 0 Å². The molecule has 0 atom stereocenters. The maximum Gasteiger partial charge on any atom is 0.0646 e. The summed E-state index contributed by atoms with van der Waals surface area (Å²) in [5.41, 5.74) is 3.66. The van der Waals surface area contributed by atoms with Crippen molar-refractivity contribution in [2.24, 2.45) is 0 Å². The van der Waals surface area contributed by atoms with Gasteiger partial charge in [0.25, 0.3) is 0 Å². The molecule has 1 aromatic rings. The van der Waals surface area contributed by atoms with Crippen molar-refractivity contribution < 1.29 is 4.74 Å². The van der Waals surface area contributed by atoms with Crippen LogP contribution in [-0.2, 0) is 4.74 Å². The van der Waals surface area contributed by atoms with Crippen molar-refractivity contribution in [2.45, 2.75) is 40.2 Å². The van der Waals surface area contributed by atoms with Crippen LogP contribution in [0.15, 0.2) is 16.6 Å². The lowest BCUT2D eigenvalue weighted by Gasteiger charge is -2.20. The molecule has 0 radical (unpaired) electrons. The van der Waals surface area contributed by atoms with E-state index in [4.69, 9.17) is 4.74 Å². The molecule has 0 amide bonds. The number of benzene rings is 1. The SMILES string of the molecule is Cc1cc(Br)cc(C)c1NCCOC(C)(C)C. The fourth-order valence-corrected chi connectivity index (χ4v) is 2.41. The fraction of sp³-hybridized carbons (Fsp3) is 0.571. The third-order valence-electron chi connectivity index (χ3n) is 2.44. The first-order chi connectivity index (χ1) is 7.79. The minimum atomic E-state index is -0.0640. The highest BCUT2D eigenvalue weighted by Crippen LogP contribution is 2.24. The number of nitrogens with one attached hydrogen (secondary N) is 1. The molecular weight excluding hydrogens is 278 g/mol. The van der Waals surface area contributed by atoms with Crippen LogP contribution in [0.1, 0.15) is 31.9 Å². The maximum atomic E-state index is 5.68. The van der Waals surface area contributed by atoms with Gasteiger partial charge in [0.2, 0.25) is 0 Å². The zero-order chi connectivity index (χ0) is 13.1. The minimum Gasteiger partial charge on any atom is -0.382 e. The molecule has 1 aromatic carbocycles. The molecule has 17 heavy (non-hydrogen) atoms. The Labute approximate surface area is 113 Å². The highest BCUT2D eigenvalue weighted by Gasteiger charge is 2.09. The molecular formula is C14H22BrNO. The Morgan fingerprint density at radius 3 is 2.18 bits per heavy atom. The Morgan fingerprint density at radius 2 is 1.71 bits per heavy atom. The molecule has 1 rings (SSSR count). The summed E-state index contributed by atoms with van der Waals surface area (Å²) in [7, 11) is 0. The predicted octanol–water partition coefficient (Wildman–Crippen LogP) is 4.29. The number of halogens is 1. The molecule has 0 aromatic heterocycles. The first-order valence-corrected chi connectivity index (χ1v) is 6.73. The summed E-state index contributed by atoms with van der Waals surface area (Å²) in [4.78, 5) is 0. The van der Waals surface area contributed by atoms with Gasteiger partial charge in [-0.2, -0.15) is 0 Å². The van der Waals surface area contributed by atoms with E-state index < -0.39 is 0 Å². The van der Waals surface area contributed by atoms with Gasteiger partial charge in [0, 0.05) is 16.7 Å². The van der Waals surface area contributed by atoms with Crippen molar-refractivity contribution in [3.05, 3.63) is 27.7 Å². The summed E-state index contributed by atoms with van der Waals surface area (Å²) in [5.74, 6) is 0. The van der Waals surface area contributed by atoms with Crippen LogP contribution in [0.25, 0.3) is 0 Å². The lowest BCUT2D eigenvalue weighted by molar-refractivity contribution is 0.00333. The molecule has 0 aliphatic heterocycles. The van der Waals surface area contributed by atoms with Crippen molar-refractivity contribution in [1.82, 2.24) is 0 Å². The molecule has 0 unspecified atom stereocenters. The number of anilines is 1. The standard InChI is InChI=1S/C14H22BrNO/c1-10-8-12(15)9-11(2)13(10)16-6-7-17-14(3,4)5/h8-9,16H,6-7H2,1-5H3. The third kappa shape index (κ3) is 5.09. The average Bonchev–Trinajstić information content (AvgIpc) is 2.13. The largest absolute Gasteiger partial charge is 0.382 e. The zero-order valence-corrected chi connectivity index (χ0v) is 12.9. The second kappa shape index (κ2) is 5.87. The Bertz CT molecular complexity index is 359. The van der Waals surface area contributed by atoms with Crippen LogP contribution in [0, 0.1) is 13.8 Å². The highest BCUT2D eigenvalue weighted by molar-refractivity contribution is 9.10. The Morgan fingerprint density at radius 1 is 1.18 bits per heavy atom. The second-order valence-corrected chi connectivity index (χ2v) is 6.22. The summed E-state index contributed by atoms with van der Waals surface area (Å²) in [5, 5.41) is 3.44. The lowest BCUT2D eigenvalue weighted by atomic mass is 10.1. The summed E-state index contributed by atoms with van der Waals surface area (Å²) < 4.78 is 6.81. The van der Waals surface area contributed by atoms with Gasteiger partial charge in [0.1, 0.15) is 0 Å². The minimum absolute atomic E-state index is 0.0640. The van der Waals surface area contributed by atoms with E-state index in [-0.39, 0.29) is 5.60 Å². The van der Waals surface area contributed by atoms with Gasteiger partial charge in [-0.1, -0.05) is 15.9 Å². The number of ether oxygens (including phenoxy) is 1. The molecule has 0 saturated carbocycles.